The fraction of sp³-hybridized carbons (Fsp3) is 0.286. The monoisotopic (exact) mass is 381 g/mol. The topological polar surface area (TPSA) is 37.8 Å². The molecule has 1 N–H and O–H groups in total. The SMILES string of the molecule is Cc1cccc(Nc2cc(Br)nc(C3CC3)n2)c1Br. The summed E-state index contributed by atoms with van der Waals surface area (Å²) in [4.78, 5) is 9.02. The maximum absolute atomic E-state index is 4.59. The minimum Gasteiger partial charge on any atom is -0.339 e. The zero-order chi connectivity index (χ0) is 13.4. The van der Waals surface area contributed by atoms with Crippen molar-refractivity contribution in [1.82, 2.24) is 9.97 Å². The van der Waals surface area contributed by atoms with E-state index in [2.05, 4.69) is 60.1 Å². The van der Waals surface area contributed by atoms with Gasteiger partial charge in [-0.25, -0.2) is 9.97 Å². The largest absolute Gasteiger partial charge is 0.339 e. The van der Waals surface area contributed by atoms with Gasteiger partial charge in [0, 0.05) is 16.5 Å². The highest BCUT2D eigenvalue weighted by molar-refractivity contribution is 9.10. The van der Waals surface area contributed by atoms with Crippen LogP contribution < -0.4 is 5.32 Å². The summed E-state index contributed by atoms with van der Waals surface area (Å²) < 4.78 is 1.90. The predicted molar refractivity (Wildman–Crippen MR) is 83.9 cm³/mol. The summed E-state index contributed by atoms with van der Waals surface area (Å²) in [5.74, 6) is 2.30. The molecule has 1 aliphatic carbocycles. The molecule has 3 nitrogen and oxygen atoms in total. The van der Waals surface area contributed by atoms with Crippen LogP contribution in [-0.2, 0) is 0 Å². The summed E-state index contributed by atoms with van der Waals surface area (Å²) >= 11 is 7.05. The van der Waals surface area contributed by atoms with E-state index in [0.717, 1.165) is 26.4 Å². The van der Waals surface area contributed by atoms with E-state index in [4.69, 9.17) is 0 Å². The van der Waals surface area contributed by atoms with Crippen LogP contribution in [0.1, 0.15) is 30.1 Å². The van der Waals surface area contributed by atoms with Gasteiger partial charge in [0.15, 0.2) is 0 Å². The highest BCUT2D eigenvalue weighted by Gasteiger charge is 2.27. The number of hydrogen-bond donors (Lipinski definition) is 1. The molecule has 98 valence electrons. The molecule has 0 atom stereocenters. The molecule has 1 saturated carbocycles. The number of aryl methyl sites for hydroxylation is 1. The lowest BCUT2D eigenvalue weighted by atomic mass is 10.2. The second-order valence-electron chi connectivity index (χ2n) is 4.77. The van der Waals surface area contributed by atoms with Gasteiger partial charge in [0.05, 0.1) is 5.69 Å². The van der Waals surface area contributed by atoms with Crippen LogP contribution >= 0.6 is 31.9 Å². The number of nitrogens with zero attached hydrogens (tertiary/aromatic N) is 2. The summed E-state index contributed by atoms with van der Waals surface area (Å²) in [5.41, 5.74) is 2.22. The van der Waals surface area contributed by atoms with Crippen LogP contribution in [0.2, 0.25) is 0 Å². The van der Waals surface area contributed by atoms with Crippen molar-refractivity contribution in [2.45, 2.75) is 25.7 Å². The third-order valence-corrected chi connectivity index (χ3v) is 4.57. The average Bonchev–Trinajstić information content (AvgIpc) is 3.18. The molecular formula is C14H13Br2N3. The number of aromatic nitrogens is 2. The second kappa shape index (κ2) is 5.21. The summed E-state index contributed by atoms with van der Waals surface area (Å²) in [6.45, 7) is 2.07. The van der Waals surface area contributed by atoms with E-state index in [1.807, 2.05) is 18.2 Å². The van der Waals surface area contributed by atoms with E-state index in [0.29, 0.717) is 5.92 Å². The van der Waals surface area contributed by atoms with Gasteiger partial charge < -0.3 is 5.32 Å². The molecule has 1 heterocycles. The Balaban J connectivity index is 1.92. The molecule has 0 aliphatic heterocycles. The van der Waals surface area contributed by atoms with Crippen molar-refractivity contribution in [3.63, 3.8) is 0 Å². The van der Waals surface area contributed by atoms with Gasteiger partial charge in [-0.2, -0.15) is 0 Å². The van der Waals surface area contributed by atoms with E-state index >= 15 is 0 Å². The Bertz CT molecular complexity index is 624. The zero-order valence-electron chi connectivity index (χ0n) is 10.5. The Morgan fingerprint density at radius 3 is 2.74 bits per heavy atom. The maximum Gasteiger partial charge on any atom is 0.135 e. The Labute approximate surface area is 129 Å². The lowest BCUT2D eigenvalue weighted by molar-refractivity contribution is 0.919. The molecule has 0 unspecified atom stereocenters. The number of nitrogens with one attached hydrogen (secondary N) is 1. The number of halogens is 2. The summed E-state index contributed by atoms with van der Waals surface area (Å²) in [5, 5.41) is 3.35. The van der Waals surface area contributed by atoms with Crippen molar-refractivity contribution >= 4 is 43.4 Å². The molecule has 3 rings (SSSR count). The summed E-state index contributed by atoms with van der Waals surface area (Å²) in [6, 6.07) is 8.03. The number of rotatable bonds is 3. The van der Waals surface area contributed by atoms with Crippen molar-refractivity contribution in [1.29, 1.82) is 0 Å². The average molecular weight is 383 g/mol. The van der Waals surface area contributed by atoms with Gasteiger partial charge in [-0.15, -0.1) is 0 Å². The fourth-order valence-electron chi connectivity index (χ4n) is 1.91. The third-order valence-electron chi connectivity index (χ3n) is 3.11. The first-order chi connectivity index (χ1) is 9.13. The molecule has 1 aromatic carbocycles. The molecule has 2 aromatic rings. The molecule has 0 bridgehead atoms. The fourth-order valence-corrected chi connectivity index (χ4v) is 2.67. The summed E-state index contributed by atoms with van der Waals surface area (Å²) in [6.07, 6.45) is 2.40. The number of benzene rings is 1. The molecule has 0 amide bonds. The summed E-state index contributed by atoms with van der Waals surface area (Å²) in [7, 11) is 0. The molecule has 1 aliphatic rings. The van der Waals surface area contributed by atoms with Gasteiger partial charge in [-0.1, -0.05) is 12.1 Å². The second-order valence-corrected chi connectivity index (χ2v) is 6.38. The van der Waals surface area contributed by atoms with Crippen LogP contribution in [-0.4, -0.2) is 9.97 Å². The van der Waals surface area contributed by atoms with Gasteiger partial charge in [0.2, 0.25) is 0 Å². The third kappa shape index (κ3) is 2.98. The van der Waals surface area contributed by atoms with Gasteiger partial charge >= 0.3 is 0 Å². The first-order valence-electron chi connectivity index (χ1n) is 6.20. The van der Waals surface area contributed by atoms with Crippen LogP contribution in [0.15, 0.2) is 33.3 Å². The number of anilines is 2. The van der Waals surface area contributed by atoms with E-state index < -0.39 is 0 Å². The van der Waals surface area contributed by atoms with Crippen molar-refractivity contribution < 1.29 is 0 Å². The van der Waals surface area contributed by atoms with Crippen molar-refractivity contribution in [2.24, 2.45) is 0 Å². The minimum atomic E-state index is 0.541. The molecule has 5 heteroatoms. The van der Waals surface area contributed by atoms with Crippen LogP contribution in [0, 0.1) is 6.92 Å². The van der Waals surface area contributed by atoms with E-state index in [1.165, 1.54) is 18.4 Å². The van der Waals surface area contributed by atoms with Crippen molar-refractivity contribution in [3.05, 3.63) is 44.7 Å². The smallest absolute Gasteiger partial charge is 0.135 e. The maximum atomic E-state index is 4.59. The van der Waals surface area contributed by atoms with Gasteiger partial charge in [0.1, 0.15) is 16.2 Å². The van der Waals surface area contributed by atoms with Gasteiger partial charge in [-0.3, -0.25) is 0 Å². The molecule has 1 fully saturated rings. The molecular weight excluding hydrogens is 370 g/mol. The normalized spacial score (nSPS) is 14.5. The molecule has 1 aromatic heterocycles. The Morgan fingerprint density at radius 2 is 2.00 bits per heavy atom. The molecule has 0 saturated heterocycles. The van der Waals surface area contributed by atoms with Crippen LogP contribution in [0.5, 0.6) is 0 Å². The van der Waals surface area contributed by atoms with Crippen LogP contribution in [0.25, 0.3) is 0 Å². The first kappa shape index (κ1) is 13.1. The Morgan fingerprint density at radius 1 is 1.21 bits per heavy atom. The highest BCUT2D eigenvalue weighted by atomic mass is 79.9. The Hall–Kier alpha value is -0.940. The lowest BCUT2D eigenvalue weighted by Gasteiger charge is -2.10. The quantitative estimate of drug-likeness (QED) is 0.764. The standard InChI is InChI=1S/C14H13Br2N3/c1-8-3-2-4-10(13(8)16)17-12-7-11(15)18-14(19-12)9-5-6-9/h2-4,7,9H,5-6H2,1H3,(H,17,18,19). The van der Waals surface area contributed by atoms with Crippen LogP contribution in [0.3, 0.4) is 0 Å². The van der Waals surface area contributed by atoms with Gasteiger partial charge in [-0.05, 0) is 63.3 Å². The number of hydrogen-bond acceptors (Lipinski definition) is 3. The first-order valence-corrected chi connectivity index (χ1v) is 7.78. The predicted octanol–water partition coefficient (Wildman–Crippen LogP) is 4.93. The van der Waals surface area contributed by atoms with Crippen LogP contribution in [0.4, 0.5) is 11.5 Å². The van der Waals surface area contributed by atoms with Crippen molar-refractivity contribution in [2.75, 3.05) is 5.32 Å². The van der Waals surface area contributed by atoms with E-state index in [-0.39, 0.29) is 0 Å². The Kier molecular flexibility index (Phi) is 3.58. The molecule has 0 spiro atoms. The zero-order valence-corrected chi connectivity index (χ0v) is 13.6. The molecule has 19 heavy (non-hydrogen) atoms. The van der Waals surface area contributed by atoms with E-state index in [1.54, 1.807) is 0 Å². The lowest BCUT2D eigenvalue weighted by Crippen LogP contribution is -2.00. The highest BCUT2D eigenvalue weighted by Crippen LogP contribution is 2.39. The minimum absolute atomic E-state index is 0.541. The molecule has 0 radical (unpaired) electrons. The van der Waals surface area contributed by atoms with Gasteiger partial charge in [0.25, 0.3) is 0 Å². The van der Waals surface area contributed by atoms with Crippen molar-refractivity contribution in [3.8, 4) is 0 Å². The van der Waals surface area contributed by atoms with E-state index in [9.17, 15) is 0 Å².